The van der Waals surface area contributed by atoms with Crippen LogP contribution in [0.15, 0.2) is 22.2 Å². The van der Waals surface area contributed by atoms with E-state index in [-0.39, 0.29) is 0 Å². The van der Waals surface area contributed by atoms with Gasteiger partial charge in [-0.25, -0.2) is 0 Å². The Bertz CT molecular complexity index is 502. The van der Waals surface area contributed by atoms with Crippen LogP contribution >= 0.6 is 0 Å². The van der Waals surface area contributed by atoms with Crippen LogP contribution in [-0.2, 0) is 0 Å². The van der Waals surface area contributed by atoms with Gasteiger partial charge in [0, 0.05) is 38.2 Å². The van der Waals surface area contributed by atoms with E-state index < -0.39 is 0 Å². The number of aryl methyl sites for hydroxylation is 2. The van der Waals surface area contributed by atoms with Gasteiger partial charge >= 0.3 is 0 Å². The lowest BCUT2D eigenvalue weighted by atomic mass is 10.00. The molecule has 1 aromatic heterocycles. The summed E-state index contributed by atoms with van der Waals surface area (Å²) in [4.78, 5) is 7.03. The van der Waals surface area contributed by atoms with Gasteiger partial charge in [-0.2, -0.15) is 0 Å². The highest BCUT2D eigenvalue weighted by molar-refractivity contribution is 5.79. The van der Waals surface area contributed by atoms with E-state index in [4.69, 9.17) is 9.52 Å². The summed E-state index contributed by atoms with van der Waals surface area (Å²) in [7, 11) is 2.11. The maximum atomic E-state index is 5.27. The van der Waals surface area contributed by atoms with Crippen molar-refractivity contribution < 1.29 is 4.52 Å². The van der Waals surface area contributed by atoms with Gasteiger partial charge in [0.25, 0.3) is 0 Å². The fourth-order valence-electron chi connectivity index (χ4n) is 2.90. The second-order valence-corrected chi connectivity index (χ2v) is 6.39. The molecule has 5 nitrogen and oxygen atoms in total. The standard InChI is InChI=1S/C19H34N4O/c1-7-9-10-11-12-13-23(6)19(20-8-2)21-14-15(3)18-16(4)22-24-17(18)5/h7,15H,1,8-14H2,2-6H3,(H,20,21). The second kappa shape index (κ2) is 10.9. The Morgan fingerprint density at radius 3 is 2.71 bits per heavy atom. The van der Waals surface area contributed by atoms with Crippen LogP contribution in [0.3, 0.4) is 0 Å². The highest BCUT2D eigenvalue weighted by Gasteiger charge is 2.16. The van der Waals surface area contributed by atoms with Crippen molar-refractivity contribution in [2.45, 2.75) is 59.3 Å². The molecule has 0 fully saturated rings. The minimum Gasteiger partial charge on any atom is -0.361 e. The molecule has 0 spiro atoms. The average molecular weight is 335 g/mol. The fraction of sp³-hybridized carbons (Fsp3) is 0.684. The van der Waals surface area contributed by atoms with E-state index in [1.54, 1.807) is 0 Å². The molecule has 1 N–H and O–H groups in total. The summed E-state index contributed by atoms with van der Waals surface area (Å²) in [6, 6.07) is 0. The van der Waals surface area contributed by atoms with Gasteiger partial charge in [0.2, 0.25) is 0 Å². The van der Waals surface area contributed by atoms with Gasteiger partial charge in [-0.05, 0) is 40.0 Å². The first kappa shape index (κ1) is 20.3. The summed E-state index contributed by atoms with van der Waals surface area (Å²) < 4.78 is 5.27. The highest BCUT2D eigenvalue weighted by atomic mass is 16.5. The van der Waals surface area contributed by atoms with E-state index >= 15 is 0 Å². The summed E-state index contributed by atoms with van der Waals surface area (Å²) >= 11 is 0. The summed E-state index contributed by atoms with van der Waals surface area (Å²) in [5.74, 6) is 2.17. The minimum atomic E-state index is 0.297. The Morgan fingerprint density at radius 2 is 2.12 bits per heavy atom. The van der Waals surface area contributed by atoms with Crippen LogP contribution in [0.2, 0.25) is 0 Å². The average Bonchev–Trinajstić information content (AvgIpc) is 2.89. The quantitative estimate of drug-likeness (QED) is 0.304. The lowest BCUT2D eigenvalue weighted by Gasteiger charge is -2.22. The molecule has 0 saturated heterocycles. The second-order valence-electron chi connectivity index (χ2n) is 6.39. The van der Waals surface area contributed by atoms with Crippen LogP contribution in [-0.4, -0.2) is 42.7 Å². The van der Waals surface area contributed by atoms with Crippen molar-refractivity contribution in [3.05, 3.63) is 29.7 Å². The van der Waals surface area contributed by atoms with Gasteiger partial charge in [0.15, 0.2) is 5.96 Å². The third kappa shape index (κ3) is 6.38. The zero-order chi connectivity index (χ0) is 17.9. The smallest absolute Gasteiger partial charge is 0.193 e. The van der Waals surface area contributed by atoms with Crippen LogP contribution in [0.4, 0.5) is 0 Å². The van der Waals surface area contributed by atoms with Crippen molar-refractivity contribution in [2.75, 3.05) is 26.7 Å². The SMILES string of the molecule is C=CCCCCCN(C)C(=NCC(C)c1c(C)noc1C)NCC. The molecule has 0 aliphatic rings. The van der Waals surface area contributed by atoms with Crippen molar-refractivity contribution in [3.63, 3.8) is 0 Å². The molecule has 5 heteroatoms. The number of unbranched alkanes of at least 4 members (excludes halogenated alkanes) is 3. The number of nitrogens with zero attached hydrogens (tertiary/aromatic N) is 3. The zero-order valence-corrected chi connectivity index (χ0v) is 16.1. The van der Waals surface area contributed by atoms with E-state index in [0.717, 1.165) is 43.5 Å². The summed E-state index contributed by atoms with van der Waals surface area (Å²) in [6.07, 6.45) is 6.71. The van der Waals surface area contributed by atoms with Crippen LogP contribution < -0.4 is 5.32 Å². The lowest BCUT2D eigenvalue weighted by molar-refractivity contribution is 0.391. The molecule has 24 heavy (non-hydrogen) atoms. The molecule has 0 aliphatic heterocycles. The van der Waals surface area contributed by atoms with E-state index in [1.165, 1.54) is 24.8 Å². The van der Waals surface area contributed by atoms with Crippen molar-refractivity contribution in [3.8, 4) is 0 Å². The molecular formula is C19H34N4O. The topological polar surface area (TPSA) is 53.7 Å². The van der Waals surface area contributed by atoms with E-state index in [9.17, 15) is 0 Å². The molecule has 0 bridgehead atoms. The van der Waals surface area contributed by atoms with Gasteiger partial charge < -0.3 is 14.7 Å². The largest absolute Gasteiger partial charge is 0.361 e. The van der Waals surface area contributed by atoms with Crippen LogP contribution in [0.5, 0.6) is 0 Å². The molecule has 0 aliphatic carbocycles. The van der Waals surface area contributed by atoms with Gasteiger partial charge in [-0.15, -0.1) is 6.58 Å². The van der Waals surface area contributed by atoms with Gasteiger partial charge in [0.1, 0.15) is 5.76 Å². The number of hydrogen-bond donors (Lipinski definition) is 1. The van der Waals surface area contributed by atoms with Crippen LogP contribution in [0, 0.1) is 13.8 Å². The summed E-state index contributed by atoms with van der Waals surface area (Å²) in [5.41, 5.74) is 2.15. The molecule has 1 aromatic rings. The zero-order valence-electron chi connectivity index (χ0n) is 16.1. The maximum absolute atomic E-state index is 5.27. The molecular weight excluding hydrogens is 300 g/mol. The lowest BCUT2D eigenvalue weighted by Crippen LogP contribution is -2.39. The molecule has 1 unspecified atom stereocenters. The first-order valence-corrected chi connectivity index (χ1v) is 9.04. The minimum absolute atomic E-state index is 0.297. The number of nitrogens with one attached hydrogen (secondary N) is 1. The Labute approximate surface area is 147 Å². The van der Waals surface area contributed by atoms with E-state index in [2.05, 4.69) is 42.8 Å². The predicted molar refractivity (Wildman–Crippen MR) is 102 cm³/mol. The molecule has 136 valence electrons. The number of rotatable bonds is 10. The van der Waals surface area contributed by atoms with Crippen molar-refractivity contribution in [1.29, 1.82) is 0 Å². The Balaban J connectivity index is 2.59. The normalized spacial score (nSPS) is 13.0. The van der Waals surface area contributed by atoms with E-state index in [1.807, 2.05) is 19.9 Å². The number of aliphatic imine (C=N–C) groups is 1. The molecule has 0 saturated carbocycles. The van der Waals surface area contributed by atoms with Crippen LogP contribution in [0.1, 0.15) is 62.5 Å². The molecule has 1 atom stereocenters. The molecule has 0 radical (unpaired) electrons. The van der Waals surface area contributed by atoms with Gasteiger partial charge in [0.05, 0.1) is 5.69 Å². The molecule has 1 heterocycles. The van der Waals surface area contributed by atoms with Gasteiger partial charge in [-0.1, -0.05) is 24.6 Å². The monoisotopic (exact) mass is 334 g/mol. The number of guanidine groups is 1. The number of hydrogen-bond acceptors (Lipinski definition) is 3. The van der Waals surface area contributed by atoms with Crippen LogP contribution in [0.25, 0.3) is 0 Å². The summed E-state index contributed by atoms with van der Waals surface area (Å²) in [6.45, 7) is 14.6. The predicted octanol–water partition coefficient (Wildman–Crippen LogP) is 4.04. The maximum Gasteiger partial charge on any atom is 0.193 e. The Morgan fingerprint density at radius 1 is 1.38 bits per heavy atom. The molecule has 1 rings (SSSR count). The van der Waals surface area contributed by atoms with Crippen molar-refractivity contribution in [2.24, 2.45) is 4.99 Å². The number of allylic oxidation sites excluding steroid dienone is 1. The molecule has 0 aromatic carbocycles. The first-order valence-electron chi connectivity index (χ1n) is 9.04. The third-order valence-corrected chi connectivity index (χ3v) is 4.19. The summed E-state index contributed by atoms with van der Waals surface area (Å²) in [5, 5.41) is 7.43. The third-order valence-electron chi connectivity index (χ3n) is 4.19. The van der Waals surface area contributed by atoms with Gasteiger partial charge in [-0.3, -0.25) is 4.99 Å². The Kier molecular flexibility index (Phi) is 9.20. The first-order chi connectivity index (χ1) is 11.5. The fourth-order valence-corrected chi connectivity index (χ4v) is 2.90. The molecule has 0 amide bonds. The van der Waals surface area contributed by atoms with E-state index in [0.29, 0.717) is 5.92 Å². The highest BCUT2D eigenvalue weighted by Crippen LogP contribution is 2.23. The van der Waals surface area contributed by atoms with Crippen molar-refractivity contribution in [1.82, 2.24) is 15.4 Å². The number of aromatic nitrogens is 1. The van der Waals surface area contributed by atoms with Crippen molar-refractivity contribution >= 4 is 5.96 Å². The Hall–Kier alpha value is -1.78.